The molecule has 0 spiro atoms. The molecular formula is C11H14FNO2. The molecule has 0 aromatic heterocycles. The second-order valence-electron chi connectivity index (χ2n) is 3.65. The van der Waals surface area contributed by atoms with Gasteiger partial charge in [-0.3, -0.25) is 0 Å². The lowest BCUT2D eigenvalue weighted by molar-refractivity contribution is 0.0285. The van der Waals surface area contributed by atoms with Crippen LogP contribution in [-0.2, 0) is 4.74 Å². The first-order valence-electron chi connectivity index (χ1n) is 5.04. The summed E-state index contributed by atoms with van der Waals surface area (Å²) in [4.78, 5) is 0. The zero-order valence-electron chi connectivity index (χ0n) is 8.32. The number of hydrogen-bond acceptors (Lipinski definition) is 3. The maximum absolute atomic E-state index is 13.4. The lowest BCUT2D eigenvalue weighted by atomic mass is 10.1. The molecule has 3 nitrogen and oxygen atoms in total. The molecule has 0 amide bonds. The Bertz CT molecular complexity index is 332. The highest BCUT2D eigenvalue weighted by atomic mass is 19.1. The molecule has 1 fully saturated rings. The number of anilines is 1. The van der Waals surface area contributed by atoms with Gasteiger partial charge in [0, 0.05) is 6.61 Å². The van der Waals surface area contributed by atoms with E-state index >= 15 is 0 Å². The molecule has 0 radical (unpaired) electrons. The fourth-order valence-corrected chi connectivity index (χ4v) is 1.66. The minimum absolute atomic E-state index is 0.130. The zero-order valence-corrected chi connectivity index (χ0v) is 8.32. The van der Waals surface area contributed by atoms with Gasteiger partial charge in [0.2, 0.25) is 0 Å². The number of alkyl halides is 1. The van der Waals surface area contributed by atoms with E-state index in [0.717, 1.165) is 0 Å². The van der Waals surface area contributed by atoms with Crippen LogP contribution in [0, 0.1) is 0 Å². The molecule has 4 heteroatoms. The number of rotatable bonds is 2. The average Bonchev–Trinajstić information content (AvgIpc) is 2.24. The van der Waals surface area contributed by atoms with Crippen LogP contribution < -0.4 is 5.32 Å². The summed E-state index contributed by atoms with van der Waals surface area (Å²) in [6, 6.07) is 6.57. The van der Waals surface area contributed by atoms with Crippen molar-refractivity contribution in [1.29, 1.82) is 0 Å². The Labute approximate surface area is 87.9 Å². The molecule has 1 heterocycles. The van der Waals surface area contributed by atoms with Crippen molar-refractivity contribution in [3.05, 3.63) is 24.3 Å². The van der Waals surface area contributed by atoms with E-state index in [1.54, 1.807) is 24.3 Å². The molecule has 0 aliphatic carbocycles. The van der Waals surface area contributed by atoms with E-state index in [1.165, 1.54) is 0 Å². The van der Waals surface area contributed by atoms with Gasteiger partial charge < -0.3 is 15.2 Å². The summed E-state index contributed by atoms with van der Waals surface area (Å²) in [6.45, 7) is 0.691. The minimum atomic E-state index is -1.02. The van der Waals surface area contributed by atoms with Crippen molar-refractivity contribution in [3.8, 4) is 5.75 Å². The Morgan fingerprint density at radius 3 is 2.93 bits per heavy atom. The molecule has 2 unspecified atom stereocenters. The standard InChI is InChI=1S/C11H14FNO2/c12-8-7-15-6-5-9(8)13-10-3-1-2-4-11(10)14/h1-4,8-9,13-14H,5-7H2. The van der Waals surface area contributed by atoms with Gasteiger partial charge in [-0.15, -0.1) is 0 Å². The normalized spacial score (nSPS) is 26.2. The van der Waals surface area contributed by atoms with Crippen molar-refractivity contribution < 1.29 is 14.2 Å². The predicted molar refractivity (Wildman–Crippen MR) is 55.8 cm³/mol. The van der Waals surface area contributed by atoms with Crippen molar-refractivity contribution in [1.82, 2.24) is 0 Å². The van der Waals surface area contributed by atoms with Crippen LogP contribution in [0.25, 0.3) is 0 Å². The Hall–Kier alpha value is -1.29. The molecular weight excluding hydrogens is 197 g/mol. The van der Waals surface area contributed by atoms with E-state index < -0.39 is 6.17 Å². The summed E-state index contributed by atoms with van der Waals surface area (Å²) in [5.74, 6) is 0.149. The van der Waals surface area contributed by atoms with Gasteiger partial charge >= 0.3 is 0 Å². The number of para-hydroxylation sites is 2. The third-order valence-electron chi connectivity index (χ3n) is 2.53. The van der Waals surface area contributed by atoms with Gasteiger partial charge in [-0.05, 0) is 18.6 Å². The quantitative estimate of drug-likeness (QED) is 0.734. The third-order valence-corrected chi connectivity index (χ3v) is 2.53. The molecule has 1 aliphatic rings. The predicted octanol–water partition coefficient (Wildman–Crippen LogP) is 1.93. The van der Waals surface area contributed by atoms with Gasteiger partial charge in [0.05, 0.1) is 18.3 Å². The molecule has 1 aliphatic heterocycles. The summed E-state index contributed by atoms with van der Waals surface area (Å²) in [5, 5.41) is 12.5. The summed E-state index contributed by atoms with van der Waals surface area (Å²) in [6.07, 6.45) is -0.395. The number of hydrogen-bond donors (Lipinski definition) is 2. The summed E-state index contributed by atoms with van der Waals surface area (Å²) in [7, 11) is 0. The van der Waals surface area contributed by atoms with Gasteiger partial charge in [0.1, 0.15) is 11.9 Å². The fraction of sp³-hybridized carbons (Fsp3) is 0.455. The van der Waals surface area contributed by atoms with Crippen molar-refractivity contribution in [2.75, 3.05) is 18.5 Å². The van der Waals surface area contributed by atoms with Crippen LogP contribution in [0.2, 0.25) is 0 Å². The number of phenolic OH excluding ortho intramolecular Hbond substituents is 1. The number of halogens is 1. The highest BCUT2D eigenvalue weighted by Gasteiger charge is 2.25. The summed E-state index contributed by atoms with van der Waals surface area (Å²) >= 11 is 0. The SMILES string of the molecule is Oc1ccccc1NC1CCOCC1F. The number of aromatic hydroxyl groups is 1. The van der Waals surface area contributed by atoms with E-state index in [1.807, 2.05) is 0 Å². The van der Waals surface area contributed by atoms with E-state index in [0.29, 0.717) is 18.7 Å². The molecule has 2 rings (SSSR count). The van der Waals surface area contributed by atoms with Crippen LogP contribution in [0.4, 0.5) is 10.1 Å². The summed E-state index contributed by atoms with van der Waals surface area (Å²) in [5.41, 5.74) is 0.576. The lowest BCUT2D eigenvalue weighted by Gasteiger charge is -2.27. The first-order chi connectivity index (χ1) is 7.27. The van der Waals surface area contributed by atoms with E-state index in [4.69, 9.17) is 4.74 Å². The van der Waals surface area contributed by atoms with E-state index in [-0.39, 0.29) is 18.4 Å². The monoisotopic (exact) mass is 211 g/mol. The highest BCUT2D eigenvalue weighted by molar-refractivity contribution is 5.55. The van der Waals surface area contributed by atoms with Crippen molar-refractivity contribution >= 4 is 5.69 Å². The van der Waals surface area contributed by atoms with Crippen LogP contribution >= 0.6 is 0 Å². The highest BCUT2D eigenvalue weighted by Crippen LogP contribution is 2.25. The number of nitrogens with one attached hydrogen (secondary N) is 1. The van der Waals surface area contributed by atoms with Gasteiger partial charge in [-0.25, -0.2) is 4.39 Å². The van der Waals surface area contributed by atoms with Crippen LogP contribution in [0.3, 0.4) is 0 Å². The van der Waals surface area contributed by atoms with Gasteiger partial charge in [0.15, 0.2) is 0 Å². The Morgan fingerprint density at radius 1 is 1.40 bits per heavy atom. The molecule has 1 saturated heterocycles. The first kappa shape index (κ1) is 10.2. The van der Waals surface area contributed by atoms with E-state index in [2.05, 4.69) is 5.32 Å². The Balaban J connectivity index is 2.04. The van der Waals surface area contributed by atoms with Crippen LogP contribution in [0.5, 0.6) is 5.75 Å². The molecule has 1 aromatic carbocycles. The maximum Gasteiger partial charge on any atom is 0.143 e. The van der Waals surface area contributed by atoms with Crippen LogP contribution in [0.15, 0.2) is 24.3 Å². The maximum atomic E-state index is 13.4. The fourth-order valence-electron chi connectivity index (χ4n) is 1.66. The minimum Gasteiger partial charge on any atom is -0.506 e. The zero-order chi connectivity index (χ0) is 10.7. The number of benzene rings is 1. The van der Waals surface area contributed by atoms with Crippen LogP contribution in [0.1, 0.15) is 6.42 Å². The second-order valence-corrected chi connectivity index (χ2v) is 3.65. The smallest absolute Gasteiger partial charge is 0.143 e. The Morgan fingerprint density at radius 2 is 2.20 bits per heavy atom. The molecule has 0 saturated carbocycles. The Kier molecular flexibility index (Phi) is 3.06. The van der Waals surface area contributed by atoms with E-state index in [9.17, 15) is 9.50 Å². The van der Waals surface area contributed by atoms with Gasteiger partial charge in [-0.2, -0.15) is 0 Å². The molecule has 0 bridgehead atoms. The van der Waals surface area contributed by atoms with Crippen LogP contribution in [-0.4, -0.2) is 30.5 Å². The number of ether oxygens (including phenoxy) is 1. The third kappa shape index (κ3) is 2.39. The van der Waals surface area contributed by atoms with Gasteiger partial charge in [0.25, 0.3) is 0 Å². The topological polar surface area (TPSA) is 41.5 Å². The second kappa shape index (κ2) is 4.49. The molecule has 1 aromatic rings. The lowest BCUT2D eigenvalue weighted by Crippen LogP contribution is -2.39. The van der Waals surface area contributed by atoms with Crippen molar-refractivity contribution in [2.45, 2.75) is 18.6 Å². The van der Waals surface area contributed by atoms with Crippen molar-refractivity contribution in [3.63, 3.8) is 0 Å². The van der Waals surface area contributed by atoms with Crippen molar-refractivity contribution in [2.24, 2.45) is 0 Å². The molecule has 82 valence electrons. The first-order valence-corrected chi connectivity index (χ1v) is 5.04. The largest absolute Gasteiger partial charge is 0.506 e. The number of phenols is 1. The summed E-state index contributed by atoms with van der Waals surface area (Å²) < 4.78 is 18.4. The van der Waals surface area contributed by atoms with Gasteiger partial charge in [-0.1, -0.05) is 12.1 Å². The molecule has 2 atom stereocenters. The average molecular weight is 211 g/mol. The molecule has 15 heavy (non-hydrogen) atoms. The molecule has 2 N–H and O–H groups in total.